The fourth-order valence-corrected chi connectivity index (χ4v) is 3.34. The van der Waals surface area contributed by atoms with Crippen molar-refractivity contribution < 1.29 is 14.7 Å². The Kier molecular flexibility index (Phi) is 4.37. The van der Waals surface area contributed by atoms with Crippen LogP contribution in [0.25, 0.3) is 5.57 Å². The average molecular weight is 364 g/mol. The van der Waals surface area contributed by atoms with E-state index in [4.69, 9.17) is 0 Å². The predicted octanol–water partition coefficient (Wildman–Crippen LogP) is 1.76. The number of carbonyl (C=O) groups excluding carboxylic acids is 2. The Bertz CT molecular complexity index is 929. The molecule has 0 unspecified atom stereocenters. The molecule has 1 fully saturated rings. The third-order valence-electron chi connectivity index (χ3n) is 4.94. The molecule has 0 aliphatic carbocycles. The van der Waals surface area contributed by atoms with Crippen LogP contribution in [0.1, 0.15) is 15.9 Å². The zero-order valence-electron chi connectivity index (χ0n) is 15.0. The van der Waals surface area contributed by atoms with Crippen LogP contribution in [-0.2, 0) is 4.79 Å². The number of hydrogen-bond acceptors (Lipinski definition) is 6. The maximum atomic E-state index is 12.6. The first-order chi connectivity index (χ1) is 13.0. The second-order valence-electron chi connectivity index (χ2n) is 6.77. The molecule has 1 aromatic carbocycles. The molecule has 2 aliphatic rings. The zero-order chi connectivity index (χ0) is 19.0. The van der Waals surface area contributed by atoms with Gasteiger partial charge in [-0.1, -0.05) is 6.07 Å². The van der Waals surface area contributed by atoms with E-state index in [2.05, 4.69) is 27.1 Å². The lowest BCUT2D eigenvalue weighted by Crippen LogP contribution is -2.44. The number of benzene rings is 1. The number of aromatic hydroxyl groups is 1. The first kappa shape index (κ1) is 17.2. The van der Waals surface area contributed by atoms with Crippen molar-refractivity contribution in [1.29, 1.82) is 0 Å². The molecule has 0 spiro atoms. The summed E-state index contributed by atoms with van der Waals surface area (Å²) in [5, 5.41) is 12.7. The molecule has 27 heavy (non-hydrogen) atoms. The Morgan fingerprint density at radius 2 is 1.96 bits per heavy atom. The maximum absolute atomic E-state index is 12.6. The molecule has 1 aromatic heterocycles. The number of fused-ring (bicyclic) bond motifs is 1. The van der Waals surface area contributed by atoms with E-state index in [-0.39, 0.29) is 17.1 Å². The number of amides is 1. The molecule has 0 bridgehead atoms. The summed E-state index contributed by atoms with van der Waals surface area (Å²) >= 11 is 0. The summed E-state index contributed by atoms with van der Waals surface area (Å²) in [5.41, 5.74) is 1.42. The van der Waals surface area contributed by atoms with Crippen LogP contribution in [0.2, 0.25) is 0 Å². The SMILES string of the molecule is CN1CCN(c2ccc(C(=O)/C=C3/C(=O)Nc4cccc(O)c43)cn2)CC1. The highest BCUT2D eigenvalue weighted by molar-refractivity contribution is 6.35. The summed E-state index contributed by atoms with van der Waals surface area (Å²) in [4.78, 5) is 33.6. The fourth-order valence-electron chi connectivity index (χ4n) is 3.34. The second kappa shape index (κ2) is 6.85. The molecular formula is C20H20N4O3. The number of likely N-dealkylation sites (N-methyl/N-ethyl adjacent to an activating group) is 1. The van der Waals surface area contributed by atoms with E-state index in [1.807, 2.05) is 6.07 Å². The number of carbonyl (C=O) groups is 2. The highest BCUT2D eigenvalue weighted by Gasteiger charge is 2.28. The third-order valence-corrected chi connectivity index (χ3v) is 4.94. The molecule has 0 atom stereocenters. The van der Waals surface area contributed by atoms with Crippen molar-refractivity contribution in [2.45, 2.75) is 0 Å². The number of hydrogen-bond donors (Lipinski definition) is 2. The lowest BCUT2D eigenvalue weighted by atomic mass is 10.0. The van der Waals surface area contributed by atoms with Gasteiger partial charge < -0.3 is 20.2 Å². The quantitative estimate of drug-likeness (QED) is 0.638. The zero-order valence-corrected chi connectivity index (χ0v) is 15.0. The molecular weight excluding hydrogens is 344 g/mol. The summed E-state index contributed by atoms with van der Waals surface area (Å²) in [6.45, 7) is 3.76. The summed E-state index contributed by atoms with van der Waals surface area (Å²) in [6, 6.07) is 8.37. The van der Waals surface area contributed by atoms with Crippen molar-refractivity contribution in [2.75, 3.05) is 43.4 Å². The molecule has 7 nitrogen and oxygen atoms in total. The van der Waals surface area contributed by atoms with Crippen molar-refractivity contribution in [3.05, 3.63) is 53.7 Å². The molecule has 2 aromatic rings. The molecule has 1 saturated heterocycles. The second-order valence-corrected chi connectivity index (χ2v) is 6.77. The smallest absolute Gasteiger partial charge is 0.256 e. The summed E-state index contributed by atoms with van der Waals surface area (Å²) in [7, 11) is 2.09. The van der Waals surface area contributed by atoms with Crippen LogP contribution in [0.5, 0.6) is 5.75 Å². The Morgan fingerprint density at radius 3 is 2.67 bits per heavy atom. The van der Waals surface area contributed by atoms with Gasteiger partial charge in [0.1, 0.15) is 11.6 Å². The van der Waals surface area contributed by atoms with Gasteiger partial charge in [-0.15, -0.1) is 0 Å². The Hall–Kier alpha value is -3.19. The number of allylic oxidation sites excluding steroid dienone is 1. The number of anilines is 2. The predicted molar refractivity (Wildman–Crippen MR) is 103 cm³/mol. The number of ketones is 1. The molecule has 0 saturated carbocycles. The van der Waals surface area contributed by atoms with Crippen LogP contribution in [0.4, 0.5) is 11.5 Å². The van der Waals surface area contributed by atoms with E-state index in [0.29, 0.717) is 16.8 Å². The fraction of sp³-hybridized carbons (Fsp3) is 0.250. The summed E-state index contributed by atoms with van der Waals surface area (Å²) in [6.07, 6.45) is 2.79. The number of nitrogens with one attached hydrogen (secondary N) is 1. The normalized spacial score (nSPS) is 18.5. The lowest BCUT2D eigenvalue weighted by molar-refractivity contribution is -0.110. The number of piperazine rings is 1. The van der Waals surface area contributed by atoms with Gasteiger partial charge in [0.05, 0.1) is 16.8 Å². The highest BCUT2D eigenvalue weighted by Crippen LogP contribution is 2.38. The minimum atomic E-state index is -0.401. The van der Waals surface area contributed by atoms with E-state index in [9.17, 15) is 14.7 Å². The number of phenolic OH excluding ortho intramolecular Hbond substituents is 1. The number of aromatic nitrogens is 1. The maximum Gasteiger partial charge on any atom is 0.256 e. The van der Waals surface area contributed by atoms with E-state index in [1.54, 1.807) is 18.2 Å². The van der Waals surface area contributed by atoms with Crippen molar-refractivity contribution in [1.82, 2.24) is 9.88 Å². The van der Waals surface area contributed by atoms with Gasteiger partial charge in [0.15, 0.2) is 5.78 Å². The third kappa shape index (κ3) is 3.29. The van der Waals surface area contributed by atoms with Crippen LogP contribution < -0.4 is 10.2 Å². The van der Waals surface area contributed by atoms with Crippen molar-refractivity contribution in [3.63, 3.8) is 0 Å². The average Bonchev–Trinajstić information content (AvgIpc) is 2.99. The Labute approximate surface area is 156 Å². The number of pyridine rings is 1. The Balaban J connectivity index is 1.56. The van der Waals surface area contributed by atoms with Crippen molar-refractivity contribution in [2.24, 2.45) is 0 Å². The molecule has 2 aliphatic heterocycles. The first-order valence-corrected chi connectivity index (χ1v) is 8.82. The van der Waals surface area contributed by atoms with E-state index < -0.39 is 5.91 Å². The topological polar surface area (TPSA) is 85.8 Å². The van der Waals surface area contributed by atoms with Crippen LogP contribution in [-0.4, -0.2) is 59.9 Å². The van der Waals surface area contributed by atoms with Gasteiger partial charge in [0.25, 0.3) is 5.91 Å². The van der Waals surface area contributed by atoms with Crippen molar-refractivity contribution in [3.8, 4) is 5.75 Å². The Morgan fingerprint density at radius 1 is 1.19 bits per heavy atom. The van der Waals surface area contributed by atoms with Crippen LogP contribution in [0.15, 0.2) is 42.6 Å². The molecule has 0 radical (unpaired) electrons. The van der Waals surface area contributed by atoms with Crippen LogP contribution >= 0.6 is 0 Å². The molecule has 2 N–H and O–H groups in total. The van der Waals surface area contributed by atoms with E-state index >= 15 is 0 Å². The monoisotopic (exact) mass is 364 g/mol. The number of phenols is 1. The summed E-state index contributed by atoms with van der Waals surface area (Å²) in [5.74, 6) is 0.0814. The van der Waals surface area contributed by atoms with Crippen LogP contribution in [0.3, 0.4) is 0 Å². The molecule has 3 heterocycles. The summed E-state index contributed by atoms with van der Waals surface area (Å²) < 4.78 is 0. The first-order valence-electron chi connectivity index (χ1n) is 8.82. The van der Waals surface area contributed by atoms with Gasteiger partial charge in [-0.3, -0.25) is 9.59 Å². The van der Waals surface area contributed by atoms with E-state index in [1.165, 1.54) is 18.3 Å². The van der Waals surface area contributed by atoms with Crippen LogP contribution in [0, 0.1) is 0 Å². The largest absolute Gasteiger partial charge is 0.507 e. The minimum Gasteiger partial charge on any atom is -0.507 e. The molecule has 7 heteroatoms. The van der Waals surface area contributed by atoms with E-state index in [0.717, 1.165) is 32.0 Å². The van der Waals surface area contributed by atoms with Gasteiger partial charge in [-0.05, 0) is 37.4 Å². The number of rotatable bonds is 3. The highest BCUT2D eigenvalue weighted by atomic mass is 16.3. The van der Waals surface area contributed by atoms with Gasteiger partial charge in [-0.2, -0.15) is 0 Å². The lowest BCUT2D eigenvalue weighted by Gasteiger charge is -2.33. The number of nitrogens with zero attached hydrogens (tertiary/aromatic N) is 3. The standard InChI is InChI=1S/C20H20N4O3/c1-23-7-9-24(10-8-23)18-6-5-13(12-21-18)17(26)11-14-19-15(22-20(14)27)3-2-4-16(19)25/h2-6,11-12,25H,7-10H2,1H3,(H,22,27)/b14-11+. The van der Waals surface area contributed by atoms with Gasteiger partial charge in [0.2, 0.25) is 0 Å². The molecule has 4 rings (SSSR count). The molecule has 138 valence electrons. The van der Waals surface area contributed by atoms with Crippen molar-refractivity contribution >= 4 is 28.8 Å². The minimum absolute atomic E-state index is 0.0339. The van der Waals surface area contributed by atoms with Gasteiger partial charge in [0, 0.05) is 37.9 Å². The molecule has 1 amide bonds. The van der Waals surface area contributed by atoms with Gasteiger partial charge in [-0.25, -0.2) is 4.98 Å². The van der Waals surface area contributed by atoms with Gasteiger partial charge >= 0.3 is 0 Å².